The number of pyridine rings is 1. The predicted molar refractivity (Wildman–Crippen MR) is 98.7 cm³/mol. The number of amides is 1. The lowest BCUT2D eigenvalue weighted by Crippen LogP contribution is -2.25. The van der Waals surface area contributed by atoms with Gasteiger partial charge in [0.15, 0.2) is 0 Å². The minimum atomic E-state index is -4.45. The second-order valence-corrected chi connectivity index (χ2v) is 6.10. The number of likely N-dealkylation sites (N-methyl/N-ethyl adjacent to an activating group) is 1. The van der Waals surface area contributed by atoms with E-state index >= 15 is 0 Å². The Kier molecular flexibility index (Phi) is 5.26. The van der Waals surface area contributed by atoms with Crippen LogP contribution in [-0.2, 0) is 17.5 Å². The summed E-state index contributed by atoms with van der Waals surface area (Å²) in [5.41, 5.74) is 0.854. The molecule has 0 aliphatic carbocycles. The molecule has 0 aliphatic heterocycles. The van der Waals surface area contributed by atoms with E-state index in [4.69, 9.17) is 0 Å². The Morgan fingerprint density at radius 3 is 2.59 bits per heavy atom. The van der Waals surface area contributed by atoms with Gasteiger partial charge < -0.3 is 4.90 Å². The second kappa shape index (κ2) is 7.61. The zero-order chi connectivity index (χ0) is 19.4. The SMILES string of the molecule is CN(Cc1ccccc1C(F)(F)F)C(=O)/C=C/c1cccc2cccnc12. The van der Waals surface area contributed by atoms with Crippen molar-refractivity contribution in [3.8, 4) is 0 Å². The maximum atomic E-state index is 13.1. The quantitative estimate of drug-likeness (QED) is 0.611. The number of hydrogen-bond donors (Lipinski definition) is 0. The van der Waals surface area contributed by atoms with E-state index in [1.165, 1.54) is 36.2 Å². The maximum absolute atomic E-state index is 13.1. The fourth-order valence-electron chi connectivity index (χ4n) is 2.82. The fourth-order valence-corrected chi connectivity index (χ4v) is 2.82. The number of fused-ring (bicyclic) bond motifs is 1. The van der Waals surface area contributed by atoms with Gasteiger partial charge in [-0.2, -0.15) is 13.2 Å². The number of benzene rings is 2. The van der Waals surface area contributed by atoms with Gasteiger partial charge in [-0.05, 0) is 23.8 Å². The molecule has 0 unspecified atom stereocenters. The minimum absolute atomic E-state index is 0.0566. The molecule has 1 amide bonds. The Morgan fingerprint density at radius 1 is 1.07 bits per heavy atom. The van der Waals surface area contributed by atoms with Crippen molar-refractivity contribution in [1.29, 1.82) is 0 Å². The van der Waals surface area contributed by atoms with Crippen LogP contribution in [0.25, 0.3) is 17.0 Å². The summed E-state index contributed by atoms with van der Waals surface area (Å²) < 4.78 is 39.3. The van der Waals surface area contributed by atoms with Crippen LogP contribution in [0.4, 0.5) is 13.2 Å². The van der Waals surface area contributed by atoms with Gasteiger partial charge in [0.25, 0.3) is 0 Å². The van der Waals surface area contributed by atoms with Gasteiger partial charge >= 0.3 is 6.18 Å². The van der Waals surface area contributed by atoms with E-state index in [-0.39, 0.29) is 18.0 Å². The molecular weight excluding hydrogens is 353 g/mol. The molecule has 2 aromatic carbocycles. The van der Waals surface area contributed by atoms with Crippen LogP contribution in [0, 0.1) is 0 Å². The van der Waals surface area contributed by atoms with E-state index < -0.39 is 11.7 Å². The molecule has 3 nitrogen and oxygen atoms in total. The Morgan fingerprint density at radius 2 is 1.81 bits per heavy atom. The molecule has 27 heavy (non-hydrogen) atoms. The van der Waals surface area contributed by atoms with Crippen LogP contribution in [0.2, 0.25) is 0 Å². The monoisotopic (exact) mass is 370 g/mol. The van der Waals surface area contributed by atoms with Gasteiger partial charge in [-0.3, -0.25) is 9.78 Å². The lowest BCUT2D eigenvalue weighted by Gasteiger charge is -2.19. The Labute approximate surface area is 154 Å². The third kappa shape index (κ3) is 4.34. The molecule has 1 aromatic heterocycles. The summed E-state index contributed by atoms with van der Waals surface area (Å²) in [4.78, 5) is 17.9. The molecule has 0 aliphatic rings. The summed E-state index contributed by atoms with van der Waals surface area (Å²) in [6.45, 7) is -0.132. The molecule has 0 fully saturated rings. The molecule has 0 radical (unpaired) electrons. The number of nitrogens with zero attached hydrogens (tertiary/aromatic N) is 2. The summed E-state index contributed by atoms with van der Waals surface area (Å²) in [6.07, 6.45) is 0.191. The number of hydrogen-bond acceptors (Lipinski definition) is 2. The molecule has 3 rings (SSSR count). The molecule has 0 atom stereocenters. The summed E-state index contributed by atoms with van der Waals surface area (Å²) >= 11 is 0. The normalized spacial score (nSPS) is 11.9. The molecular formula is C21H17F3N2O. The largest absolute Gasteiger partial charge is 0.416 e. The lowest BCUT2D eigenvalue weighted by molar-refractivity contribution is -0.139. The summed E-state index contributed by atoms with van der Waals surface area (Å²) in [5.74, 6) is -0.389. The van der Waals surface area contributed by atoms with Crippen molar-refractivity contribution in [2.24, 2.45) is 0 Å². The van der Waals surface area contributed by atoms with Crippen molar-refractivity contribution in [1.82, 2.24) is 9.88 Å². The first-order valence-electron chi connectivity index (χ1n) is 8.28. The molecule has 138 valence electrons. The van der Waals surface area contributed by atoms with Crippen molar-refractivity contribution in [3.63, 3.8) is 0 Å². The highest BCUT2D eigenvalue weighted by atomic mass is 19.4. The van der Waals surface area contributed by atoms with E-state index in [0.717, 1.165) is 22.5 Å². The number of carbonyl (C=O) groups excluding carboxylic acids is 1. The number of aromatic nitrogens is 1. The van der Waals surface area contributed by atoms with Crippen molar-refractivity contribution in [2.45, 2.75) is 12.7 Å². The first kappa shape index (κ1) is 18.6. The molecule has 0 saturated carbocycles. The lowest BCUT2D eigenvalue weighted by atomic mass is 10.1. The highest BCUT2D eigenvalue weighted by Crippen LogP contribution is 2.32. The van der Waals surface area contributed by atoms with Gasteiger partial charge in [-0.1, -0.05) is 42.5 Å². The molecule has 0 saturated heterocycles. The van der Waals surface area contributed by atoms with Crippen molar-refractivity contribution < 1.29 is 18.0 Å². The number of rotatable bonds is 4. The number of para-hydroxylation sites is 1. The maximum Gasteiger partial charge on any atom is 0.416 e. The van der Waals surface area contributed by atoms with E-state index in [9.17, 15) is 18.0 Å². The molecule has 3 aromatic rings. The van der Waals surface area contributed by atoms with Crippen LogP contribution in [-0.4, -0.2) is 22.8 Å². The van der Waals surface area contributed by atoms with Gasteiger partial charge in [-0.15, -0.1) is 0 Å². The zero-order valence-corrected chi connectivity index (χ0v) is 14.6. The molecule has 0 spiro atoms. The average molecular weight is 370 g/mol. The highest BCUT2D eigenvalue weighted by molar-refractivity contribution is 5.95. The smallest absolute Gasteiger partial charge is 0.338 e. The standard InChI is InChI=1S/C21H17F3N2O/c1-26(14-17-6-2-3-10-18(17)21(22,23)24)19(27)12-11-16-8-4-7-15-9-5-13-25-20(15)16/h2-13H,14H2,1H3/b12-11+. The Bertz CT molecular complexity index is 991. The van der Waals surface area contributed by atoms with Crippen molar-refractivity contribution in [3.05, 3.63) is 83.6 Å². The van der Waals surface area contributed by atoms with Crippen LogP contribution >= 0.6 is 0 Å². The van der Waals surface area contributed by atoms with Gasteiger partial charge in [0.2, 0.25) is 5.91 Å². The number of carbonyl (C=O) groups is 1. The van der Waals surface area contributed by atoms with Gasteiger partial charge in [0, 0.05) is 36.8 Å². The summed E-state index contributed by atoms with van der Waals surface area (Å²) in [5, 5.41) is 0.944. The minimum Gasteiger partial charge on any atom is -0.338 e. The summed E-state index contributed by atoms with van der Waals surface area (Å²) in [6, 6.07) is 14.6. The van der Waals surface area contributed by atoms with Crippen LogP contribution in [0.15, 0.2) is 66.9 Å². The molecule has 0 N–H and O–H groups in total. The van der Waals surface area contributed by atoms with Gasteiger partial charge in [0.1, 0.15) is 0 Å². The molecule has 1 heterocycles. The first-order chi connectivity index (χ1) is 12.9. The Hall–Kier alpha value is -3.15. The van der Waals surface area contributed by atoms with Gasteiger partial charge in [-0.25, -0.2) is 0 Å². The first-order valence-corrected chi connectivity index (χ1v) is 8.28. The van der Waals surface area contributed by atoms with Crippen LogP contribution in [0.1, 0.15) is 16.7 Å². The van der Waals surface area contributed by atoms with E-state index in [1.54, 1.807) is 12.3 Å². The van der Waals surface area contributed by atoms with E-state index in [1.807, 2.05) is 30.3 Å². The Balaban J connectivity index is 1.78. The number of halogens is 3. The van der Waals surface area contributed by atoms with E-state index in [2.05, 4.69) is 4.98 Å². The van der Waals surface area contributed by atoms with Crippen molar-refractivity contribution >= 4 is 22.9 Å². The molecule has 6 heteroatoms. The second-order valence-electron chi connectivity index (χ2n) is 6.10. The zero-order valence-electron chi connectivity index (χ0n) is 14.6. The van der Waals surface area contributed by atoms with Crippen molar-refractivity contribution in [2.75, 3.05) is 7.05 Å². The third-order valence-electron chi connectivity index (χ3n) is 4.18. The predicted octanol–water partition coefficient (Wildman–Crippen LogP) is 4.93. The van der Waals surface area contributed by atoms with Gasteiger partial charge in [0.05, 0.1) is 11.1 Å². The van der Waals surface area contributed by atoms with E-state index in [0.29, 0.717) is 0 Å². The molecule has 0 bridgehead atoms. The van der Waals surface area contributed by atoms with Crippen LogP contribution in [0.5, 0.6) is 0 Å². The third-order valence-corrected chi connectivity index (χ3v) is 4.18. The van der Waals surface area contributed by atoms with Crippen LogP contribution < -0.4 is 0 Å². The summed E-state index contributed by atoms with van der Waals surface area (Å²) in [7, 11) is 1.47. The average Bonchev–Trinajstić information content (AvgIpc) is 2.65. The van der Waals surface area contributed by atoms with Crippen LogP contribution in [0.3, 0.4) is 0 Å². The topological polar surface area (TPSA) is 33.2 Å². The highest BCUT2D eigenvalue weighted by Gasteiger charge is 2.33. The number of alkyl halides is 3. The fraction of sp³-hybridized carbons (Fsp3) is 0.143.